The maximum absolute atomic E-state index is 11.8. The van der Waals surface area contributed by atoms with Crippen LogP contribution >= 0.6 is 0 Å². The van der Waals surface area contributed by atoms with Crippen LogP contribution < -0.4 is 11.1 Å². The zero-order valence-corrected chi connectivity index (χ0v) is 13.5. The van der Waals surface area contributed by atoms with E-state index in [0.29, 0.717) is 18.7 Å². The summed E-state index contributed by atoms with van der Waals surface area (Å²) in [5.41, 5.74) is 7.84. The van der Waals surface area contributed by atoms with E-state index >= 15 is 0 Å². The molecular formula is C16H26N2O3. The van der Waals surface area contributed by atoms with Crippen molar-refractivity contribution in [1.29, 1.82) is 0 Å². The molecule has 0 spiro atoms. The van der Waals surface area contributed by atoms with E-state index < -0.39 is 11.7 Å². The zero-order chi connectivity index (χ0) is 16.2. The van der Waals surface area contributed by atoms with E-state index in [2.05, 4.69) is 5.32 Å². The highest BCUT2D eigenvalue weighted by molar-refractivity contribution is 5.68. The Morgan fingerprint density at radius 2 is 1.86 bits per heavy atom. The quantitative estimate of drug-likeness (QED) is 0.796. The number of carbonyl (C=O) groups is 1. The lowest BCUT2D eigenvalue weighted by molar-refractivity contribution is 0.0506. The predicted molar refractivity (Wildman–Crippen MR) is 83.5 cm³/mol. The van der Waals surface area contributed by atoms with Crippen molar-refractivity contribution in [2.45, 2.75) is 52.7 Å². The maximum atomic E-state index is 11.8. The Morgan fingerprint density at radius 1 is 1.33 bits per heavy atom. The van der Waals surface area contributed by atoms with Gasteiger partial charge in [-0.05, 0) is 57.7 Å². The number of aromatic hydroxyl groups is 1. The summed E-state index contributed by atoms with van der Waals surface area (Å²) in [5.74, 6) is 0.308. The van der Waals surface area contributed by atoms with Crippen molar-refractivity contribution >= 4 is 6.09 Å². The van der Waals surface area contributed by atoms with Gasteiger partial charge in [0, 0.05) is 12.6 Å². The molecule has 0 radical (unpaired) electrons. The number of ether oxygens (including phenoxy) is 1. The highest BCUT2D eigenvalue weighted by Crippen LogP contribution is 2.23. The van der Waals surface area contributed by atoms with Gasteiger partial charge in [0.1, 0.15) is 11.4 Å². The molecule has 0 saturated carbocycles. The van der Waals surface area contributed by atoms with Crippen LogP contribution in [0.4, 0.5) is 4.79 Å². The minimum atomic E-state index is -0.533. The van der Waals surface area contributed by atoms with Crippen LogP contribution in [0.1, 0.15) is 37.5 Å². The summed E-state index contributed by atoms with van der Waals surface area (Å²) >= 11 is 0. The largest absolute Gasteiger partial charge is 0.507 e. The van der Waals surface area contributed by atoms with E-state index in [9.17, 15) is 9.90 Å². The van der Waals surface area contributed by atoms with Crippen LogP contribution in [0.15, 0.2) is 12.1 Å². The Kier molecular flexibility index (Phi) is 5.61. The highest BCUT2D eigenvalue weighted by Gasteiger charge is 2.19. The molecule has 1 aromatic carbocycles. The third-order valence-electron chi connectivity index (χ3n) is 3.04. The van der Waals surface area contributed by atoms with Gasteiger partial charge < -0.3 is 20.9 Å². The SMILES string of the molecule is Cc1cc(CC(CN)NC(=O)OC(C)(C)C)cc(C)c1O. The number of nitrogens with one attached hydrogen (secondary N) is 1. The predicted octanol–water partition coefficient (Wildman–Crippen LogP) is 2.40. The van der Waals surface area contributed by atoms with Crippen molar-refractivity contribution in [3.63, 3.8) is 0 Å². The molecule has 118 valence electrons. The summed E-state index contributed by atoms with van der Waals surface area (Å²) in [7, 11) is 0. The van der Waals surface area contributed by atoms with Gasteiger partial charge in [0.15, 0.2) is 0 Å². The zero-order valence-electron chi connectivity index (χ0n) is 13.5. The second-order valence-corrected chi connectivity index (χ2v) is 6.36. The molecule has 1 aromatic rings. The lowest BCUT2D eigenvalue weighted by Crippen LogP contribution is -2.44. The number of amides is 1. The van der Waals surface area contributed by atoms with Crippen molar-refractivity contribution in [1.82, 2.24) is 5.32 Å². The maximum Gasteiger partial charge on any atom is 0.407 e. The Labute approximate surface area is 126 Å². The van der Waals surface area contributed by atoms with Crippen LogP contribution in [0.5, 0.6) is 5.75 Å². The van der Waals surface area contributed by atoms with Crippen molar-refractivity contribution in [3.8, 4) is 5.75 Å². The van der Waals surface area contributed by atoms with Crippen molar-refractivity contribution < 1.29 is 14.6 Å². The molecule has 5 nitrogen and oxygen atoms in total. The summed E-state index contributed by atoms with van der Waals surface area (Å²) in [5, 5.41) is 12.6. The van der Waals surface area contributed by atoms with Gasteiger partial charge in [0.25, 0.3) is 0 Å². The Balaban J connectivity index is 2.72. The molecule has 0 heterocycles. The molecule has 4 N–H and O–H groups in total. The van der Waals surface area contributed by atoms with Gasteiger partial charge in [-0.25, -0.2) is 4.79 Å². The van der Waals surface area contributed by atoms with Gasteiger partial charge in [0.2, 0.25) is 0 Å². The highest BCUT2D eigenvalue weighted by atomic mass is 16.6. The smallest absolute Gasteiger partial charge is 0.407 e. The van der Waals surface area contributed by atoms with Crippen molar-refractivity contribution in [2.75, 3.05) is 6.54 Å². The van der Waals surface area contributed by atoms with Crippen LogP contribution in [0, 0.1) is 13.8 Å². The second kappa shape index (κ2) is 6.80. The van der Waals surface area contributed by atoms with Crippen LogP contribution in [-0.4, -0.2) is 29.4 Å². The van der Waals surface area contributed by atoms with Gasteiger partial charge in [-0.1, -0.05) is 12.1 Å². The number of phenols is 1. The molecule has 1 unspecified atom stereocenters. The average Bonchev–Trinajstić information content (AvgIpc) is 2.32. The minimum absolute atomic E-state index is 0.205. The van der Waals surface area contributed by atoms with Gasteiger partial charge in [-0.3, -0.25) is 0 Å². The molecule has 0 aliphatic carbocycles. The molecule has 21 heavy (non-hydrogen) atoms. The van der Waals surface area contributed by atoms with Crippen LogP contribution in [0.2, 0.25) is 0 Å². The minimum Gasteiger partial charge on any atom is -0.507 e. The second-order valence-electron chi connectivity index (χ2n) is 6.36. The van der Waals surface area contributed by atoms with E-state index in [-0.39, 0.29) is 6.04 Å². The molecule has 1 atom stereocenters. The Hall–Kier alpha value is -1.75. The third-order valence-corrected chi connectivity index (χ3v) is 3.04. The van der Waals surface area contributed by atoms with Crippen LogP contribution in [0.25, 0.3) is 0 Å². The first-order chi connectivity index (χ1) is 9.62. The number of benzene rings is 1. The fourth-order valence-electron chi connectivity index (χ4n) is 2.12. The van der Waals surface area contributed by atoms with E-state index in [1.165, 1.54) is 0 Å². The molecule has 0 bridgehead atoms. The summed E-state index contributed by atoms with van der Waals surface area (Å²) in [6, 6.07) is 3.60. The molecular weight excluding hydrogens is 268 g/mol. The van der Waals surface area contributed by atoms with Gasteiger partial charge in [-0.15, -0.1) is 0 Å². The number of rotatable bonds is 4. The molecule has 0 aromatic heterocycles. The fourth-order valence-corrected chi connectivity index (χ4v) is 2.12. The standard InChI is InChI=1S/C16H26N2O3/c1-10-6-12(7-11(2)14(10)19)8-13(9-17)18-15(20)21-16(3,4)5/h6-7,13,19H,8-9,17H2,1-5H3,(H,18,20). The van der Waals surface area contributed by atoms with E-state index in [0.717, 1.165) is 16.7 Å². The first-order valence-electron chi connectivity index (χ1n) is 7.11. The number of aryl methyl sites for hydroxylation is 2. The molecule has 0 aliphatic rings. The molecule has 1 amide bonds. The number of phenolic OH excluding ortho intramolecular Hbond substituents is 1. The lowest BCUT2D eigenvalue weighted by Gasteiger charge is -2.23. The normalized spacial score (nSPS) is 12.9. The molecule has 1 rings (SSSR count). The number of alkyl carbamates (subject to hydrolysis) is 1. The van der Waals surface area contributed by atoms with Crippen molar-refractivity contribution in [3.05, 3.63) is 28.8 Å². The first kappa shape index (κ1) is 17.3. The fraction of sp³-hybridized carbons (Fsp3) is 0.562. The van der Waals surface area contributed by atoms with Crippen LogP contribution in [-0.2, 0) is 11.2 Å². The monoisotopic (exact) mass is 294 g/mol. The molecule has 0 aliphatic heterocycles. The topological polar surface area (TPSA) is 84.6 Å². The first-order valence-corrected chi connectivity index (χ1v) is 7.11. The van der Waals surface area contributed by atoms with E-state index in [4.69, 9.17) is 10.5 Å². The average molecular weight is 294 g/mol. The van der Waals surface area contributed by atoms with E-state index in [1.54, 1.807) is 0 Å². The third kappa shape index (κ3) is 5.63. The molecule has 5 heteroatoms. The Bertz CT molecular complexity index is 484. The van der Waals surface area contributed by atoms with Crippen molar-refractivity contribution in [2.24, 2.45) is 5.73 Å². The van der Waals surface area contributed by atoms with Crippen LogP contribution in [0.3, 0.4) is 0 Å². The summed E-state index contributed by atoms with van der Waals surface area (Å²) < 4.78 is 5.23. The summed E-state index contributed by atoms with van der Waals surface area (Å²) in [6.07, 6.45) is 0.128. The van der Waals surface area contributed by atoms with E-state index in [1.807, 2.05) is 46.8 Å². The number of nitrogens with two attached hydrogens (primary N) is 1. The molecule has 0 fully saturated rings. The summed E-state index contributed by atoms with van der Waals surface area (Å²) in [4.78, 5) is 11.8. The lowest BCUT2D eigenvalue weighted by atomic mass is 10.0. The molecule has 0 saturated heterocycles. The number of hydrogen-bond donors (Lipinski definition) is 3. The van der Waals surface area contributed by atoms with Gasteiger partial charge in [0.05, 0.1) is 0 Å². The van der Waals surface area contributed by atoms with Gasteiger partial charge >= 0.3 is 6.09 Å². The van der Waals surface area contributed by atoms with Gasteiger partial charge in [-0.2, -0.15) is 0 Å². The summed E-state index contributed by atoms with van der Waals surface area (Å²) in [6.45, 7) is 9.47. The number of carbonyl (C=O) groups excluding carboxylic acids is 1. The number of hydrogen-bond acceptors (Lipinski definition) is 4. The Morgan fingerprint density at radius 3 is 2.29 bits per heavy atom.